The summed E-state index contributed by atoms with van der Waals surface area (Å²) in [6.45, 7) is 3.59. The van der Waals surface area contributed by atoms with Crippen LogP contribution in [0.25, 0.3) is 0 Å². The Kier molecular flexibility index (Phi) is 2.52. The van der Waals surface area contributed by atoms with Crippen LogP contribution in [-0.2, 0) is 0 Å². The number of piperidine rings is 1. The van der Waals surface area contributed by atoms with Crippen LogP contribution in [0.2, 0.25) is 0 Å². The van der Waals surface area contributed by atoms with Crippen LogP contribution in [0.4, 0.5) is 11.5 Å². The summed E-state index contributed by atoms with van der Waals surface area (Å²) < 4.78 is 0. The SMILES string of the molecule is CC1(O)CCN(c2ccc(N)cn2)CC1. The van der Waals surface area contributed by atoms with Crippen LogP contribution in [0.3, 0.4) is 0 Å². The molecule has 2 rings (SSSR count). The summed E-state index contributed by atoms with van der Waals surface area (Å²) >= 11 is 0. The standard InChI is InChI=1S/C11H17N3O/c1-11(15)4-6-14(7-5-11)10-3-2-9(12)8-13-10/h2-3,8,15H,4-7,12H2,1H3. The molecule has 1 aliphatic rings. The third kappa shape index (κ3) is 2.39. The van der Waals surface area contributed by atoms with Gasteiger partial charge < -0.3 is 15.7 Å². The molecule has 2 heterocycles. The molecule has 0 unspecified atom stereocenters. The highest BCUT2D eigenvalue weighted by Crippen LogP contribution is 2.24. The Morgan fingerprint density at radius 2 is 2.07 bits per heavy atom. The van der Waals surface area contributed by atoms with Crippen molar-refractivity contribution >= 4 is 11.5 Å². The lowest BCUT2D eigenvalue weighted by atomic mass is 9.94. The second kappa shape index (κ2) is 3.70. The van der Waals surface area contributed by atoms with Crippen molar-refractivity contribution in [2.75, 3.05) is 23.7 Å². The Morgan fingerprint density at radius 3 is 2.60 bits per heavy atom. The molecule has 0 saturated carbocycles. The second-order valence-corrected chi connectivity index (χ2v) is 4.43. The largest absolute Gasteiger partial charge is 0.397 e. The summed E-state index contributed by atoms with van der Waals surface area (Å²) in [6, 6.07) is 3.78. The Bertz CT molecular complexity index is 324. The second-order valence-electron chi connectivity index (χ2n) is 4.43. The predicted octanol–water partition coefficient (Wildman–Crippen LogP) is 1.02. The first kappa shape index (κ1) is 10.2. The number of nitrogen functional groups attached to an aromatic ring is 1. The highest BCUT2D eigenvalue weighted by molar-refractivity contribution is 5.46. The van der Waals surface area contributed by atoms with E-state index in [0.29, 0.717) is 5.69 Å². The number of pyridine rings is 1. The van der Waals surface area contributed by atoms with E-state index in [1.54, 1.807) is 6.20 Å². The van der Waals surface area contributed by atoms with Gasteiger partial charge in [-0.05, 0) is 31.9 Å². The van der Waals surface area contributed by atoms with Crippen molar-refractivity contribution < 1.29 is 5.11 Å². The summed E-state index contributed by atoms with van der Waals surface area (Å²) in [5.41, 5.74) is 5.75. The minimum atomic E-state index is -0.510. The van der Waals surface area contributed by atoms with Crippen LogP contribution in [0.15, 0.2) is 18.3 Å². The van der Waals surface area contributed by atoms with Gasteiger partial charge in [0.2, 0.25) is 0 Å². The lowest BCUT2D eigenvalue weighted by Crippen LogP contribution is -2.42. The van der Waals surface area contributed by atoms with Crippen molar-refractivity contribution in [1.29, 1.82) is 0 Å². The van der Waals surface area contributed by atoms with Gasteiger partial charge in [-0.2, -0.15) is 0 Å². The summed E-state index contributed by atoms with van der Waals surface area (Å²) in [7, 11) is 0. The highest BCUT2D eigenvalue weighted by Gasteiger charge is 2.27. The molecule has 0 bridgehead atoms. The molecule has 15 heavy (non-hydrogen) atoms. The molecule has 0 amide bonds. The first-order chi connectivity index (χ1) is 7.07. The van der Waals surface area contributed by atoms with Gasteiger partial charge in [-0.15, -0.1) is 0 Å². The molecule has 0 aliphatic carbocycles. The van der Waals surface area contributed by atoms with E-state index in [1.165, 1.54) is 0 Å². The normalized spacial score (nSPS) is 20.3. The zero-order chi connectivity index (χ0) is 10.9. The molecule has 1 aliphatic heterocycles. The summed E-state index contributed by atoms with van der Waals surface area (Å²) in [6.07, 6.45) is 3.25. The average molecular weight is 207 g/mol. The van der Waals surface area contributed by atoms with Crippen LogP contribution in [0, 0.1) is 0 Å². The summed E-state index contributed by atoms with van der Waals surface area (Å²) in [5, 5.41) is 9.82. The fourth-order valence-electron chi connectivity index (χ4n) is 1.80. The Morgan fingerprint density at radius 1 is 1.40 bits per heavy atom. The van der Waals surface area contributed by atoms with Crippen LogP contribution in [0.5, 0.6) is 0 Å². The number of aliphatic hydroxyl groups is 1. The van der Waals surface area contributed by atoms with Gasteiger partial charge in [0.1, 0.15) is 5.82 Å². The number of hydrogen-bond donors (Lipinski definition) is 2. The molecule has 4 heteroatoms. The number of nitrogens with two attached hydrogens (primary N) is 1. The Hall–Kier alpha value is -1.29. The molecule has 82 valence electrons. The molecule has 1 fully saturated rings. The van der Waals surface area contributed by atoms with Crippen LogP contribution < -0.4 is 10.6 Å². The number of hydrogen-bond acceptors (Lipinski definition) is 4. The zero-order valence-electron chi connectivity index (χ0n) is 8.98. The molecule has 1 aromatic heterocycles. The van der Waals surface area contributed by atoms with Crippen molar-refractivity contribution in [2.24, 2.45) is 0 Å². The van der Waals surface area contributed by atoms with E-state index < -0.39 is 5.60 Å². The van der Waals surface area contributed by atoms with Crippen LogP contribution in [-0.4, -0.2) is 28.8 Å². The van der Waals surface area contributed by atoms with E-state index in [1.807, 2.05) is 19.1 Å². The van der Waals surface area contributed by atoms with E-state index in [4.69, 9.17) is 5.73 Å². The number of rotatable bonds is 1. The molecular formula is C11H17N3O. The van der Waals surface area contributed by atoms with Gasteiger partial charge in [0.05, 0.1) is 17.5 Å². The Labute approximate surface area is 89.7 Å². The minimum Gasteiger partial charge on any atom is -0.397 e. The van der Waals surface area contributed by atoms with Crippen LogP contribution >= 0.6 is 0 Å². The molecular weight excluding hydrogens is 190 g/mol. The van der Waals surface area contributed by atoms with Crippen molar-refractivity contribution in [3.8, 4) is 0 Å². The average Bonchev–Trinajstić information content (AvgIpc) is 2.20. The molecule has 1 aromatic rings. The van der Waals surface area contributed by atoms with Gasteiger partial charge in [-0.1, -0.05) is 0 Å². The quantitative estimate of drug-likeness (QED) is 0.721. The smallest absolute Gasteiger partial charge is 0.128 e. The predicted molar refractivity (Wildman–Crippen MR) is 60.7 cm³/mol. The summed E-state index contributed by atoms with van der Waals surface area (Å²) in [5.74, 6) is 0.944. The van der Waals surface area contributed by atoms with Crippen molar-refractivity contribution in [3.05, 3.63) is 18.3 Å². The van der Waals surface area contributed by atoms with Crippen molar-refractivity contribution in [1.82, 2.24) is 4.98 Å². The van der Waals surface area contributed by atoms with E-state index in [-0.39, 0.29) is 0 Å². The van der Waals surface area contributed by atoms with Gasteiger partial charge in [0, 0.05) is 13.1 Å². The first-order valence-corrected chi connectivity index (χ1v) is 5.26. The maximum absolute atomic E-state index is 9.82. The van der Waals surface area contributed by atoms with Crippen molar-refractivity contribution in [3.63, 3.8) is 0 Å². The lowest BCUT2D eigenvalue weighted by molar-refractivity contribution is 0.0350. The first-order valence-electron chi connectivity index (χ1n) is 5.26. The van der Waals surface area contributed by atoms with Gasteiger partial charge in [-0.3, -0.25) is 0 Å². The summed E-state index contributed by atoms with van der Waals surface area (Å²) in [4.78, 5) is 6.45. The van der Waals surface area contributed by atoms with E-state index in [9.17, 15) is 5.11 Å². The molecule has 3 N–H and O–H groups in total. The maximum atomic E-state index is 9.82. The lowest BCUT2D eigenvalue weighted by Gasteiger charge is -2.36. The fraction of sp³-hybridized carbons (Fsp3) is 0.545. The molecule has 0 radical (unpaired) electrons. The molecule has 1 saturated heterocycles. The third-order valence-corrected chi connectivity index (χ3v) is 2.94. The van der Waals surface area contributed by atoms with Gasteiger partial charge in [0.15, 0.2) is 0 Å². The van der Waals surface area contributed by atoms with E-state index in [2.05, 4.69) is 9.88 Å². The maximum Gasteiger partial charge on any atom is 0.128 e. The van der Waals surface area contributed by atoms with E-state index >= 15 is 0 Å². The van der Waals surface area contributed by atoms with E-state index in [0.717, 1.165) is 31.7 Å². The minimum absolute atomic E-state index is 0.510. The molecule has 0 spiro atoms. The van der Waals surface area contributed by atoms with Gasteiger partial charge in [-0.25, -0.2) is 4.98 Å². The molecule has 4 nitrogen and oxygen atoms in total. The van der Waals surface area contributed by atoms with Crippen LogP contribution in [0.1, 0.15) is 19.8 Å². The van der Waals surface area contributed by atoms with Gasteiger partial charge >= 0.3 is 0 Å². The number of anilines is 2. The number of nitrogens with zero attached hydrogens (tertiary/aromatic N) is 2. The molecule has 0 aromatic carbocycles. The fourth-order valence-corrected chi connectivity index (χ4v) is 1.80. The highest BCUT2D eigenvalue weighted by atomic mass is 16.3. The third-order valence-electron chi connectivity index (χ3n) is 2.94. The zero-order valence-corrected chi connectivity index (χ0v) is 8.98. The number of aromatic nitrogens is 1. The van der Waals surface area contributed by atoms with Crippen molar-refractivity contribution in [2.45, 2.75) is 25.4 Å². The molecule has 0 atom stereocenters. The van der Waals surface area contributed by atoms with Gasteiger partial charge in [0.25, 0.3) is 0 Å². The Balaban J connectivity index is 2.04. The monoisotopic (exact) mass is 207 g/mol. The topological polar surface area (TPSA) is 62.4 Å².